The second-order valence-corrected chi connectivity index (χ2v) is 3.03. The lowest BCUT2D eigenvalue weighted by atomic mass is 10.4. The fourth-order valence-corrected chi connectivity index (χ4v) is 1.09. The molecule has 0 aliphatic heterocycles. The summed E-state index contributed by atoms with van der Waals surface area (Å²) in [5.41, 5.74) is 1.24. The number of hydrogen-bond acceptors (Lipinski definition) is 1. The number of aryl methyl sites for hydroxylation is 2. The zero-order valence-electron chi connectivity index (χ0n) is 6.05. The molecule has 0 saturated heterocycles. The van der Waals surface area contributed by atoms with Crippen molar-refractivity contribution in [2.24, 2.45) is 0 Å². The molecule has 0 spiro atoms. The SMILES string of the molecule is Cc1ccnn1CCCBr. The van der Waals surface area contributed by atoms with Crippen LogP contribution >= 0.6 is 15.9 Å². The molecule has 0 unspecified atom stereocenters. The number of halogens is 1. The van der Waals surface area contributed by atoms with Crippen molar-refractivity contribution < 1.29 is 0 Å². The number of alkyl halides is 1. The van der Waals surface area contributed by atoms with Gasteiger partial charge in [0.05, 0.1) is 0 Å². The number of nitrogens with zero attached hydrogens (tertiary/aromatic N) is 2. The Kier molecular flexibility index (Phi) is 2.93. The van der Waals surface area contributed by atoms with Crippen molar-refractivity contribution in [2.75, 3.05) is 5.33 Å². The lowest BCUT2D eigenvalue weighted by molar-refractivity contribution is 0.591. The molecule has 1 aromatic heterocycles. The fourth-order valence-electron chi connectivity index (χ4n) is 0.842. The van der Waals surface area contributed by atoms with Gasteiger partial charge >= 0.3 is 0 Å². The van der Waals surface area contributed by atoms with Crippen LogP contribution in [0, 0.1) is 6.92 Å². The Bertz CT molecular complexity index is 195. The standard InChI is InChI=1S/C7H11BrN2/c1-7-3-5-9-10(7)6-2-4-8/h3,5H,2,4,6H2,1H3. The predicted molar refractivity (Wildman–Crippen MR) is 45.4 cm³/mol. The van der Waals surface area contributed by atoms with Crippen molar-refractivity contribution in [3.05, 3.63) is 18.0 Å². The average Bonchev–Trinajstić information content (AvgIpc) is 2.31. The smallest absolute Gasteiger partial charge is 0.0492 e. The molecule has 0 bridgehead atoms. The first kappa shape index (κ1) is 7.79. The summed E-state index contributed by atoms with van der Waals surface area (Å²) in [6.07, 6.45) is 2.98. The molecule has 3 heteroatoms. The molecule has 10 heavy (non-hydrogen) atoms. The Morgan fingerprint density at radius 1 is 1.70 bits per heavy atom. The molecule has 1 aromatic rings. The summed E-state index contributed by atoms with van der Waals surface area (Å²) < 4.78 is 2.02. The summed E-state index contributed by atoms with van der Waals surface area (Å²) in [6, 6.07) is 2.02. The van der Waals surface area contributed by atoms with Crippen molar-refractivity contribution in [1.29, 1.82) is 0 Å². The quantitative estimate of drug-likeness (QED) is 0.686. The Morgan fingerprint density at radius 3 is 3.00 bits per heavy atom. The van der Waals surface area contributed by atoms with Crippen LogP contribution in [0.25, 0.3) is 0 Å². The van der Waals surface area contributed by atoms with Gasteiger partial charge in [-0.1, -0.05) is 15.9 Å². The van der Waals surface area contributed by atoms with E-state index in [1.807, 2.05) is 16.9 Å². The van der Waals surface area contributed by atoms with Gasteiger partial charge < -0.3 is 0 Å². The number of aromatic nitrogens is 2. The van der Waals surface area contributed by atoms with Crippen molar-refractivity contribution in [3.63, 3.8) is 0 Å². The molecule has 0 fully saturated rings. The molecule has 1 rings (SSSR count). The third kappa shape index (κ3) is 1.84. The largest absolute Gasteiger partial charge is 0.270 e. The summed E-state index contributed by atoms with van der Waals surface area (Å²) in [6.45, 7) is 3.09. The van der Waals surface area contributed by atoms with E-state index in [1.54, 1.807) is 0 Å². The van der Waals surface area contributed by atoms with Gasteiger partial charge in [-0.15, -0.1) is 0 Å². The summed E-state index contributed by atoms with van der Waals surface area (Å²) in [5.74, 6) is 0. The second-order valence-electron chi connectivity index (χ2n) is 2.24. The van der Waals surface area contributed by atoms with Crippen LogP contribution in [0.5, 0.6) is 0 Å². The van der Waals surface area contributed by atoms with E-state index >= 15 is 0 Å². The molecule has 0 amide bonds. The van der Waals surface area contributed by atoms with E-state index in [0.29, 0.717) is 0 Å². The Labute approximate surface area is 69.4 Å². The lowest BCUT2D eigenvalue weighted by Crippen LogP contribution is -2.01. The molecule has 0 aromatic carbocycles. The topological polar surface area (TPSA) is 17.8 Å². The van der Waals surface area contributed by atoms with Crippen molar-refractivity contribution in [1.82, 2.24) is 9.78 Å². The molecule has 0 aliphatic rings. The maximum atomic E-state index is 4.15. The molecule has 0 radical (unpaired) electrons. The zero-order chi connectivity index (χ0) is 7.40. The normalized spacial score (nSPS) is 10.2. The van der Waals surface area contributed by atoms with E-state index in [0.717, 1.165) is 18.3 Å². The van der Waals surface area contributed by atoms with E-state index in [1.165, 1.54) is 5.69 Å². The Hall–Kier alpha value is -0.310. The van der Waals surface area contributed by atoms with Crippen LogP contribution in [-0.4, -0.2) is 15.1 Å². The van der Waals surface area contributed by atoms with Gasteiger partial charge in [-0.05, 0) is 19.4 Å². The van der Waals surface area contributed by atoms with Crippen molar-refractivity contribution in [2.45, 2.75) is 19.9 Å². The van der Waals surface area contributed by atoms with Gasteiger partial charge in [-0.25, -0.2) is 0 Å². The van der Waals surface area contributed by atoms with E-state index in [-0.39, 0.29) is 0 Å². The summed E-state index contributed by atoms with van der Waals surface area (Å²) in [7, 11) is 0. The van der Waals surface area contributed by atoms with E-state index in [2.05, 4.69) is 28.0 Å². The molecule has 56 valence electrons. The minimum Gasteiger partial charge on any atom is -0.270 e. The van der Waals surface area contributed by atoms with Crippen LogP contribution in [0.4, 0.5) is 0 Å². The summed E-state index contributed by atoms with van der Waals surface area (Å²) >= 11 is 3.38. The highest BCUT2D eigenvalue weighted by Crippen LogP contribution is 1.98. The summed E-state index contributed by atoms with van der Waals surface area (Å²) in [5, 5.41) is 5.20. The van der Waals surface area contributed by atoms with Gasteiger partial charge in [0.15, 0.2) is 0 Å². The molecule has 0 N–H and O–H groups in total. The van der Waals surface area contributed by atoms with Crippen molar-refractivity contribution >= 4 is 15.9 Å². The molecular formula is C7H11BrN2. The predicted octanol–water partition coefficient (Wildman–Crippen LogP) is 1.98. The van der Waals surface area contributed by atoms with Crippen LogP contribution in [0.15, 0.2) is 12.3 Å². The van der Waals surface area contributed by atoms with Gasteiger partial charge in [-0.3, -0.25) is 4.68 Å². The first-order valence-electron chi connectivity index (χ1n) is 3.39. The van der Waals surface area contributed by atoms with Crippen LogP contribution in [0.3, 0.4) is 0 Å². The van der Waals surface area contributed by atoms with Crippen LogP contribution in [0.2, 0.25) is 0 Å². The number of hydrogen-bond donors (Lipinski definition) is 0. The van der Waals surface area contributed by atoms with Gasteiger partial charge in [0.1, 0.15) is 0 Å². The molecule has 0 atom stereocenters. The van der Waals surface area contributed by atoms with E-state index in [4.69, 9.17) is 0 Å². The minimum atomic E-state index is 1.02. The highest BCUT2D eigenvalue weighted by Gasteiger charge is 1.93. The highest BCUT2D eigenvalue weighted by molar-refractivity contribution is 9.09. The fraction of sp³-hybridized carbons (Fsp3) is 0.571. The third-order valence-corrected chi connectivity index (χ3v) is 1.99. The molecule has 1 heterocycles. The van der Waals surface area contributed by atoms with Crippen LogP contribution < -0.4 is 0 Å². The van der Waals surface area contributed by atoms with Gasteiger partial charge in [-0.2, -0.15) is 5.10 Å². The zero-order valence-corrected chi connectivity index (χ0v) is 7.63. The lowest BCUT2D eigenvalue weighted by Gasteiger charge is -2.00. The second kappa shape index (κ2) is 3.76. The van der Waals surface area contributed by atoms with Crippen LogP contribution in [0.1, 0.15) is 12.1 Å². The van der Waals surface area contributed by atoms with E-state index < -0.39 is 0 Å². The Morgan fingerprint density at radius 2 is 2.50 bits per heavy atom. The number of rotatable bonds is 3. The monoisotopic (exact) mass is 202 g/mol. The molecular weight excluding hydrogens is 192 g/mol. The van der Waals surface area contributed by atoms with Gasteiger partial charge in [0.2, 0.25) is 0 Å². The Balaban J connectivity index is 2.49. The summed E-state index contributed by atoms with van der Waals surface area (Å²) in [4.78, 5) is 0. The molecule has 0 aliphatic carbocycles. The first-order valence-corrected chi connectivity index (χ1v) is 4.51. The molecule has 2 nitrogen and oxygen atoms in total. The third-order valence-electron chi connectivity index (χ3n) is 1.43. The van der Waals surface area contributed by atoms with Gasteiger partial charge in [0.25, 0.3) is 0 Å². The maximum Gasteiger partial charge on any atom is 0.0492 e. The van der Waals surface area contributed by atoms with Gasteiger partial charge in [0, 0.05) is 23.8 Å². The van der Waals surface area contributed by atoms with Crippen LogP contribution in [-0.2, 0) is 6.54 Å². The average molecular weight is 203 g/mol. The first-order chi connectivity index (χ1) is 4.84. The van der Waals surface area contributed by atoms with E-state index in [9.17, 15) is 0 Å². The minimum absolute atomic E-state index is 1.02. The maximum absolute atomic E-state index is 4.15. The highest BCUT2D eigenvalue weighted by atomic mass is 79.9. The molecule has 0 saturated carbocycles. The van der Waals surface area contributed by atoms with Crippen molar-refractivity contribution in [3.8, 4) is 0 Å².